The van der Waals surface area contributed by atoms with Gasteiger partial charge in [-0.3, -0.25) is 0 Å². The quantitative estimate of drug-likeness (QED) is 0.243. The zero-order valence-corrected chi connectivity index (χ0v) is 18.8. The topological polar surface area (TPSA) is 40.1 Å². The Hall–Kier alpha value is -0.570. The van der Waals surface area contributed by atoms with Crippen LogP contribution < -0.4 is 5.11 Å². The van der Waals surface area contributed by atoms with Crippen molar-refractivity contribution in [3.05, 3.63) is 0 Å². The summed E-state index contributed by atoms with van der Waals surface area (Å²) in [5.74, 6) is -0.913. The molecule has 0 saturated heterocycles. The molecule has 0 radical (unpaired) electrons. The van der Waals surface area contributed by atoms with Crippen LogP contribution in [0.15, 0.2) is 0 Å². The average molecular weight is 372 g/mol. The van der Waals surface area contributed by atoms with Crippen LogP contribution in [-0.2, 0) is 4.79 Å². The van der Waals surface area contributed by atoms with E-state index in [1.54, 1.807) is 0 Å². The fraction of sp³-hybridized carbons (Fsp3) is 0.957. The first-order chi connectivity index (χ1) is 12.5. The lowest BCUT2D eigenvalue weighted by Crippen LogP contribution is -2.46. The van der Waals surface area contributed by atoms with E-state index < -0.39 is 5.97 Å². The smallest absolute Gasteiger partial charge is 0.0784 e. The third kappa shape index (κ3) is 21.5. The average Bonchev–Trinajstić information content (AvgIpc) is 2.63. The molecule has 0 bridgehead atoms. The lowest BCUT2D eigenvalue weighted by molar-refractivity contribution is -0.910. The molecule has 0 aliphatic rings. The Bertz CT molecular complexity index is 270. The monoisotopic (exact) mass is 371 g/mol. The highest BCUT2D eigenvalue weighted by Crippen LogP contribution is 2.11. The molecule has 0 spiro atoms. The molecule has 0 amide bonds. The van der Waals surface area contributed by atoms with Gasteiger partial charge >= 0.3 is 0 Å². The fourth-order valence-electron chi connectivity index (χ4n) is 3.18. The van der Waals surface area contributed by atoms with E-state index in [1.165, 1.54) is 94.7 Å². The largest absolute Gasteiger partial charge is 0.550 e. The molecule has 0 rings (SSSR count). The van der Waals surface area contributed by atoms with E-state index in [1.807, 2.05) is 0 Å². The number of hydrogen-bond acceptors (Lipinski definition) is 2. The molecule has 3 nitrogen and oxygen atoms in total. The number of carbonyl (C=O) groups is 1. The molecule has 0 aliphatic carbocycles. The second kappa shape index (κ2) is 20.7. The molecule has 0 aromatic rings. The molecule has 0 heterocycles. The first-order valence-corrected chi connectivity index (χ1v) is 11.5. The van der Waals surface area contributed by atoms with Crippen LogP contribution in [0.5, 0.6) is 0 Å². The van der Waals surface area contributed by atoms with E-state index >= 15 is 0 Å². The van der Waals surface area contributed by atoms with Gasteiger partial charge in [-0.15, -0.1) is 0 Å². The molecule has 3 heteroatoms. The van der Waals surface area contributed by atoms with Gasteiger partial charge in [0.05, 0.1) is 26.7 Å². The van der Waals surface area contributed by atoms with E-state index in [-0.39, 0.29) is 6.42 Å². The molecule has 158 valence electrons. The highest BCUT2D eigenvalue weighted by atomic mass is 16.4. The number of hydrogen-bond donors (Lipinski definition) is 0. The molecule has 0 aromatic carbocycles. The summed E-state index contributed by atoms with van der Waals surface area (Å²) >= 11 is 0. The second-order valence-electron chi connectivity index (χ2n) is 8.09. The van der Waals surface area contributed by atoms with Crippen molar-refractivity contribution in [3.63, 3.8) is 0 Å². The lowest BCUT2D eigenvalue weighted by Gasteiger charge is -2.34. The summed E-state index contributed by atoms with van der Waals surface area (Å²) in [6.07, 6.45) is 16.5. The Labute approximate surface area is 165 Å². The van der Waals surface area contributed by atoms with E-state index in [9.17, 15) is 9.90 Å². The summed E-state index contributed by atoms with van der Waals surface area (Å²) in [5.41, 5.74) is 0. The first-order valence-electron chi connectivity index (χ1n) is 11.5. The van der Waals surface area contributed by atoms with Crippen LogP contribution in [-0.4, -0.2) is 37.1 Å². The normalized spacial score (nSPS) is 11.1. The molecule has 0 N–H and O–H groups in total. The Morgan fingerprint density at radius 1 is 0.615 bits per heavy atom. The number of aliphatic carboxylic acids is 1. The maximum absolute atomic E-state index is 10.0. The second-order valence-corrected chi connectivity index (χ2v) is 8.09. The Morgan fingerprint density at radius 3 is 1.31 bits per heavy atom. The van der Waals surface area contributed by atoms with Gasteiger partial charge in [0.2, 0.25) is 0 Å². The number of carboxylic acids is 1. The zero-order chi connectivity index (χ0) is 20.1. The van der Waals surface area contributed by atoms with Crippen LogP contribution in [0.1, 0.15) is 118 Å². The summed E-state index contributed by atoms with van der Waals surface area (Å²) in [5, 5.41) is 10.0. The van der Waals surface area contributed by atoms with Gasteiger partial charge in [-0.2, -0.15) is 0 Å². The van der Waals surface area contributed by atoms with Crippen molar-refractivity contribution in [2.45, 2.75) is 118 Å². The van der Waals surface area contributed by atoms with Crippen LogP contribution >= 0.6 is 0 Å². The highest BCUT2D eigenvalue weighted by Gasteiger charge is 2.18. The molecule has 0 fully saturated rings. The molecule has 0 saturated carbocycles. The van der Waals surface area contributed by atoms with Crippen molar-refractivity contribution in [1.29, 1.82) is 0 Å². The summed E-state index contributed by atoms with van der Waals surface area (Å²) < 4.78 is 1.32. The van der Waals surface area contributed by atoms with Crippen LogP contribution in [0, 0.1) is 0 Å². The molecule has 26 heavy (non-hydrogen) atoms. The lowest BCUT2D eigenvalue weighted by atomic mass is 10.1. The van der Waals surface area contributed by atoms with E-state index in [2.05, 4.69) is 34.7 Å². The van der Waals surface area contributed by atoms with Gasteiger partial charge in [-0.05, 0) is 32.1 Å². The molecule has 0 unspecified atom stereocenters. The number of carbonyl (C=O) groups excluding carboxylic acids is 1. The summed E-state index contributed by atoms with van der Waals surface area (Å²) in [6, 6.07) is 0. The van der Waals surface area contributed by atoms with Crippen LogP contribution in [0.3, 0.4) is 0 Å². The van der Waals surface area contributed by atoms with Gasteiger partial charge in [0.15, 0.2) is 0 Å². The van der Waals surface area contributed by atoms with Crippen molar-refractivity contribution >= 4 is 5.97 Å². The van der Waals surface area contributed by atoms with Gasteiger partial charge in [0.1, 0.15) is 0 Å². The third-order valence-electron chi connectivity index (χ3n) is 5.14. The Morgan fingerprint density at radius 2 is 0.962 bits per heavy atom. The van der Waals surface area contributed by atoms with E-state index in [0.29, 0.717) is 0 Å². The number of carboxylic acid groups (broad SMARTS) is 1. The van der Waals surface area contributed by atoms with Crippen molar-refractivity contribution < 1.29 is 14.4 Å². The molecule has 0 aromatic heterocycles. The number of quaternary nitrogens is 1. The number of nitrogens with zero attached hydrogens (tertiary/aromatic N) is 1. The van der Waals surface area contributed by atoms with Crippen LogP contribution in [0.4, 0.5) is 0 Å². The predicted molar refractivity (Wildman–Crippen MR) is 113 cm³/mol. The van der Waals surface area contributed by atoms with Crippen molar-refractivity contribution in [3.8, 4) is 0 Å². The Kier molecular flexibility index (Phi) is 22.1. The molecule has 0 atom stereocenters. The SMILES string of the molecule is CCCCCCCCCC(=O)[O-].CCCC[N+](C)(CCCC)CCCC. The van der Waals surface area contributed by atoms with E-state index in [0.717, 1.165) is 12.8 Å². The standard InChI is InChI=1S/C13H30N.C10H20O2/c1-5-8-11-14(4,12-9-6-2)13-10-7-3;1-2-3-4-5-6-7-8-9-10(11)12/h5-13H2,1-4H3;2-9H2,1H3,(H,11,12)/q+1;/p-1. The predicted octanol–water partition coefficient (Wildman–Crippen LogP) is 5.71. The minimum atomic E-state index is -0.913. The molecular formula is C23H49NO2. The van der Waals surface area contributed by atoms with Crippen molar-refractivity contribution in [2.24, 2.45) is 0 Å². The minimum absolute atomic E-state index is 0.230. The van der Waals surface area contributed by atoms with Gasteiger partial charge in [0, 0.05) is 5.97 Å². The summed E-state index contributed by atoms with van der Waals surface area (Å²) in [6.45, 7) is 13.2. The highest BCUT2D eigenvalue weighted by molar-refractivity contribution is 5.63. The number of unbranched alkanes of at least 4 members (excludes halogenated alkanes) is 9. The van der Waals surface area contributed by atoms with Gasteiger partial charge < -0.3 is 14.4 Å². The first kappa shape index (κ1) is 27.6. The summed E-state index contributed by atoms with van der Waals surface area (Å²) in [4.78, 5) is 10.0. The third-order valence-corrected chi connectivity index (χ3v) is 5.14. The fourth-order valence-corrected chi connectivity index (χ4v) is 3.18. The van der Waals surface area contributed by atoms with E-state index in [4.69, 9.17) is 0 Å². The van der Waals surface area contributed by atoms with Crippen molar-refractivity contribution in [2.75, 3.05) is 26.7 Å². The Balaban J connectivity index is 0. The van der Waals surface area contributed by atoms with Gasteiger partial charge in [0.25, 0.3) is 0 Å². The maximum atomic E-state index is 10.0. The molecule has 0 aliphatic heterocycles. The van der Waals surface area contributed by atoms with Crippen LogP contribution in [0.25, 0.3) is 0 Å². The molecular weight excluding hydrogens is 322 g/mol. The minimum Gasteiger partial charge on any atom is -0.550 e. The maximum Gasteiger partial charge on any atom is 0.0784 e. The zero-order valence-electron chi connectivity index (χ0n) is 18.8. The van der Waals surface area contributed by atoms with Gasteiger partial charge in [-0.1, -0.05) is 85.5 Å². The van der Waals surface area contributed by atoms with Crippen molar-refractivity contribution in [1.82, 2.24) is 0 Å². The van der Waals surface area contributed by atoms with Crippen LogP contribution in [0.2, 0.25) is 0 Å². The number of rotatable bonds is 17. The van der Waals surface area contributed by atoms with Gasteiger partial charge in [-0.25, -0.2) is 0 Å². The summed E-state index contributed by atoms with van der Waals surface area (Å²) in [7, 11) is 2.45.